The second kappa shape index (κ2) is 58.9. The van der Waals surface area contributed by atoms with Crippen LogP contribution >= 0.6 is 0 Å². The van der Waals surface area contributed by atoms with Crippen LogP contribution in [0, 0.1) is 0 Å². The number of hydrogen-bond donors (Lipinski definition) is 0. The largest absolute Gasteiger partial charge is 0.462 e. The molecule has 0 aromatic carbocycles. The molecule has 0 heterocycles. The fourth-order valence-corrected chi connectivity index (χ4v) is 8.10. The van der Waals surface area contributed by atoms with Crippen molar-refractivity contribution in [1.82, 2.24) is 0 Å². The number of carbonyl (C=O) groups excluding carboxylic acids is 3. The monoisotopic (exact) mass is 987 g/mol. The molecule has 1 atom stereocenters. The molecule has 71 heavy (non-hydrogen) atoms. The quantitative estimate of drug-likeness (QED) is 0.0199. The summed E-state index contributed by atoms with van der Waals surface area (Å²) in [6, 6.07) is 0. The Hall–Kier alpha value is -3.67. The third-order valence-electron chi connectivity index (χ3n) is 12.6. The van der Waals surface area contributed by atoms with Crippen LogP contribution in [0.25, 0.3) is 0 Å². The van der Waals surface area contributed by atoms with E-state index in [4.69, 9.17) is 14.2 Å². The molecule has 0 aromatic heterocycles. The molecule has 0 amide bonds. The SMILES string of the molecule is CC/C=C\C/C=C\C/C=C\C/C=C\C/C=C\CCCCCC(=O)OCC(COC(=O)CCCCCCCC/C=C\C=C/CCCCC)OC(=O)CCCCCCCCC/C=C\CCCCCCCCCC. The molecule has 0 fully saturated rings. The van der Waals surface area contributed by atoms with Crippen molar-refractivity contribution in [2.45, 2.75) is 284 Å². The predicted molar refractivity (Wildman–Crippen MR) is 307 cm³/mol. The molecule has 0 saturated carbocycles. The normalized spacial score (nSPS) is 12.8. The third-order valence-corrected chi connectivity index (χ3v) is 12.6. The maximum absolute atomic E-state index is 12.9. The van der Waals surface area contributed by atoms with E-state index in [1.165, 1.54) is 135 Å². The van der Waals surface area contributed by atoms with E-state index in [9.17, 15) is 14.4 Å². The predicted octanol–water partition coefficient (Wildman–Crippen LogP) is 20.1. The molecule has 0 aromatic rings. The summed E-state index contributed by atoms with van der Waals surface area (Å²) in [4.78, 5) is 38.2. The number of unbranched alkanes of at least 4 members (excludes halogenated alkanes) is 27. The number of esters is 3. The third kappa shape index (κ3) is 57.1. The smallest absolute Gasteiger partial charge is 0.306 e. The first-order chi connectivity index (χ1) is 35.0. The second-order valence-corrected chi connectivity index (χ2v) is 19.5. The molecule has 6 nitrogen and oxygen atoms in total. The Morgan fingerprint density at radius 3 is 1.00 bits per heavy atom. The first kappa shape index (κ1) is 67.3. The highest BCUT2D eigenvalue weighted by atomic mass is 16.6. The zero-order valence-corrected chi connectivity index (χ0v) is 46.5. The van der Waals surface area contributed by atoms with Gasteiger partial charge in [0.25, 0.3) is 0 Å². The molecule has 6 heteroatoms. The Balaban J connectivity index is 4.46. The number of carbonyl (C=O) groups is 3. The highest BCUT2D eigenvalue weighted by molar-refractivity contribution is 5.71. The van der Waals surface area contributed by atoms with Gasteiger partial charge in [-0.05, 0) is 116 Å². The van der Waals surface area contributed by atoms with Crippen LogP contribution in [0.2, 0.25) is 0 Å². The maximum Gasteiger partial charge on any atom is 0.306 e. The molecule has 0 aliphatic carbocycles. The topological polar surface area (TPSA) is 78.9 Å². The van der Waals surface area contributed by atoms with Gasteiger partial charge in [0.1, 0.15) is 13.2 Å². The van der Waals surface area contributed by atoms with Crippen LogP contribution in [-0.4, -0.2) is 37.2 Å². The number of rotatable bonds is 53. The summed E-state index contributed by atoms with van der Waals surface area (Å²) in [5.74, 6) is -0.939. The number of hydrogen-bond acceptors (Lipinski definition) is 6. The summed E-state index contributed by atoms with van der Waals surface area (Å²) < 4.78 is 16.9. The van der Waals surface area contributed by atoms with Crippen LogP contribution in [0.15, 0.2) is 97.2 Å². The lowest BCUT2D eigenvalue weighted by molar-refractivity contribution is -0.167. The van der Waals surface area contributed by atoms with Gasteiger partial charge in [-0.25, -0.2) is 0 Å². The zero-order chi connectivity index (χ0) is 51.4. The van der Waals surface area contributed by atoms with E-state index in [2.05, 4.69) is 118 Å². The molecular weight excluding hydrogens is 877 g/mol. The van der Waals surface area contributed by atoms with Crippen LogP contribution in [-0.2, 0) is 28.6 Å². The Kier molecular flexibility index (Phi) is 55.9. The van der Waals surface area contributed by atoms with Gasteiger partial charge < -0.3 is 14.2 Å². The van der Waals surface area contributed by atoms with E-state index in [1.54, 1.807) is 0 Å². The summed E-state index contributed by atoms with van der Waals surface area (Å²) in [7, 11) is 0. The van der Waals surface area contributed by atoms with Gasteiger partial charge in [0, 0.05) is 19.3 Å². The molecule has 0 rings (SSSR count). The number of allylic oxidation sites excluding steroid dienone is 16. The average molecular weight is 988 g/mol. The van der Waals surface area contributed by atoms with Crippen molar-refractivity contribution in [2.24, 2.45) is 0 Å². The average Bonchev–Trinajstić information content (AvgIpc) is 3.37. The minimum atomic E-state index is -0.800. The van der Waals surface area contributed by atoms with Crippen LogP contribution in [0.1, 0.15) is 278 Å². The fourth-order valence-electron chi connectivity index (χ4n) is 8.10. The lowest BCUT2D eigenvalue weighted by Crippen LogP contribution is -2.30. The van der Waals surface area contributed by atoms with Crippen LogP contribution < -0.4 is 0 Å². The summed E-state index contributed by atoms with van der Waals surface area (Å²) in [6.45, 7) is 6.47. The highest BCUT2D eigenvalue weighted by Gasteiger charge is 2.19. The summed E-state index contributed by atoms with van der Waals surface area (Å²) in [5.41, 5.74) is 0. The Bertz CT molecular complexity index is 1410. The molecule has 0 aliphatic heterocycles. The van der Waals surface area contributed by atoms with Crippen molar-refractivity contribution in [1.29, 1.82) is 0 Å². The van der Waals surface area contributed by atoms with E-state index >= 15 is 0 Å². The molecule has 0 saturated heterocycles. The molecule has 0 radical (unpaired) electrons. The highest BCUT2D eigenvalue weighted by Crippen LogP contribution is 2.15. The first-order valence-electron chi connectivity index (χ1n) is 29.8. The van der Waals surface area contributed by atoms with Crippen molar-refractivity contribution >= 4 is 17.9 Å². The van der Waals surface area contributed by atoms with E-state index in [0.717, 1.165) is 103 Å². The molecule has 406 valence electrons. The van der Waals surface area contributed by atoms with Crippen molar-refractivity contribution in [3.05, 3.63) is 97.2 Å². The Morgan fingerprint density at radius 1 is 0.310 bits per heavy atom. The fraction of sp³-hybridized carbons (Fsp3) is 0.708. The van der Waals surface area contributed by atoms with Gasteiger partial charge in [-0.1, -0.05) is 240 Å². The van der Waals surface area contributed by atoms with Gasteiger partial charge in [0.2, 0.25) is 0 Å². The molecule has 0 bridgehead atoms. The minimum absolute atomic E-state index is 0.0963. The summed E-state index contributed by atoms with van der Waals surface area (Å²) in [6.07, 6.45) is 78.2. The van der Waals surface area contributed by atoms with E-state index in [-0.39, 0.29) is 31.1 Å². The summed E-state index contributed by atoms with van der Waals surface area (Å²) >= 11 is 0. The maximum atomic E-state index is 12.9. The molecule has 0 aliphatic rings. The van der Waals surface area contributed by atoms with Crippen LogP contribution in [0.4, 0.5) is 0 Å². The Labute approximate surface area is 438 Å². The van der Waals surface area contributed by atoms with E-state index in [0.29, 0.717) is 19.3 Å². The van der Waals surface area contributed by atoms with Gasteiger partial charge in [-0.3, -0.25) is 14.4 Å². The van der Waals surface area contributed by atoms with Crippen molar-refractivity contribution < 1.29 is 28.6 Å². The van der Waals surface area contributed by atoms with Crippen molar-refractivity contribution in [3.8, 4) is 0 Å². The van der Waals surface area contributed by atoms with Gasteiger partial charge in [0.15, 0.2) is 6.10 Å². The Morgan fingerprint density at radius 2 is 0.592 bits per heavy atom. The van der Waals surface area contributed by atoms with Gasteiger partial charge >= 0.3 is 17.9 Å². The second-order valence-electron chi connectivity index (χ2n) is 19.5. The lowest BCUT2D eigenvalue weighted by Gasteiger charge is -2.18. The van der Waals surface area contributed by atoms with Gasteiger partial charge in [-0.15, -0.1) is 0 Å². The van der Waals surface area contributed by atoms with E-state index < -0.39 is 6.10 Å². The van der Waals surface area contributed by atoms with Crippen LogP contribution in [0.5, 0.6) is 0 Å². The van der Waals surface area contributed by atoms with Gasteiger partial charge in [0.05, 0.1) is 0 Å². The summed E-state index contributed by atoms with van der Waals surface area (Å²) in [5, 5.41) is 0. The van der Waals surface area contributed by atoms with Crippen LogP contribution in [0.3, 0.4) is 0 Å². The molecule has 1 unspecified atom stereocenters. The van der Waals surface area contributed by atoms with Crippen molar-refractivity contribution in [2.75, 3.05) is 13.2 Å². The van der Waals surface area contributed by atoms with Crippen molar-refractivity contribution in [3.63, 3.8) is 0 Å². The van der Waals surface area contributed by atoms with E-state index in [1.807, 2.05) is 0 Å². The number of ether oxygens (including phenoxy) is 3. The molecule has 0 spiro atoms. The molecular formula is C65H110O6. The lowest BCUT2D eigenvalue weighted by atomic mass is 10.1. The molecule has 0 N–H and O–H groups in total. The standard InChI is InChI=1S/C65H110O6/c1-4-7-10-13-16-19-22-25-28-30-32-34-37-40-43-46-49-52-55-58-64(67)70-61-62(60-69-63(66)57-54-51-48-45-42-39-36-27-24-21-18-15-12-9-6-3)71-65(68)59-56-53-50-47-44-41-38-35-33-31-29-26-23-20-17-14-11-8-5-2/h7,10,16,18-19,21,24-25,27-28,31-34,40,43,62H,4-6,8-9,11-15,17,20,22-23,26,29-30,35-39,41-42,44-61H2,1-3H3/b10-7-,19-16-,21-18-,27-24-,28-25-,33-31-,34-32-,43-40-. The zero-order valence-electron chi connectivity index (χ0n) is 46.5. The first-order valence-corrected chi connectivity index (χ1v) is 29.8. The minimum Gasteiger partial charge on any atom is -0.462 e. The van der Waals surface area contributed by atoms with Gasteiger partial charge in [-0.2, -0.15) is 0 Å².